The van der Waals surface area contributed by atoms with E-state index in [1.54, 1.807) is 6.20 Å². The Hall–Kier alpha value is -1.38. The van der Waals surface area contributed by atoms with Gasteiger partial charge in [0, 0.05) is 11.8 Å². The first-order chi connectivity index (χ1) is 6.48. The van der Waals surface area contributed by atoms with Gasteiger partial charge < -0.3 is 4.74 Å². The highest BCUT2D eigenvalue weighted by Gasteiger charge is 2.29. The van der Waals surface area contributed by atoms with Crippen LogP contribution in [0, 0.1) is 0 Å². The molecule has 3 nitrogen and oxygen atoms in total. The smallest absolute Gasteiger partial charge is 0.317 e. The lowest BCUT2D eigenvalue weighted by atomic mass is 9.86. The van der Waals surface area contributed by atoms with Crippen LogP contribution in [0.5, 0.6) is 5.75 Å². The number of rotatable bonds is 0. The van der Waals surface area contributed by atoms with Crippen LogP contribution in [0.1, 0.15) is 32.0 Å². The van der Waals surface area contributed by atoms with Crippen LogP contribution in [0.3, 0.4) is 0 Å². The second-order valence-corrected chi connectivity index (χ2v) is 4.54. The number of aromatic nitrogens is 1. The summed E-state index contributed by atoms with van der Waals surface area (Å²) in [5.41, 5.74) is 1.80. The molecule has 0 N–H and O–H groups in total. The highest BCUT2D eigenvalue weighted by molar-refractivity contribution is 5.80. The first kappa shape index (κ1) is 9.19. The molecule has 0 unspecified atom stereocenters. The highest BCUT2D eigenvalue weighted by Crippen LogP contribution is 2.36. The van der Waals surface area contributed by atoms with Crippen LogP contribution in [-0.4, -0.2) is 11.0 Å². The van der Waals surface area contributed by atoms with Gasteiger partial charge in [-0.05, 0) is 11.5 Å². The molecule has 1 aliphatic heterocycles. The summed E-state index contributed by atoms with van der Waals surface area (Å²) >= 11 is 0. The molecular formula is C11H13NO2. The zero-order valence-corrected chi connectivity index (χ0v) is 8.63. The Kier molecular flexibility index (Phi) is 1.84. The summed E-state index contributed by atoms with van der Waals surface area (Å²) < 4.78 is 5.16. The third-order valence-electron chi connectivity index (χ3n) is 2.31. The van der Waals surface area contributed by atoms with Crippen LogP contribution >= 0.6 is 0 Å². The minimum atomic E-state index is -0.204. The summed E-state index contributed by atoms with van der Waals surface area (Å²) in [5.74, 6) is 0.467. The summed E-state index contributed by atoms with van der Waals surface area (Å²) in [6, 6.07) is 1.91. The third-order valence-corrected chi connectivity index (χ3v) is 2.31. The van der Waals surface area contributed by atoms with Gasteiger partial charge in [0.25, 0.3) is 0 Å². The number of fused-ring (bicyclic) bond motifs is 1. The number of esters is 1. The average molecular weight is 191 g/mol. The maximum absolute atomic E-state index is 11.1. The Bertz CT molecular complexity index is 391. The highest BCUT2D eigenvalue weighted by atomic mass is 16.5. The number of pyridine rings is 1. The molecule has 0 fully saturated rings. The van der Waals surface area contributed by atoms with Gasteiger partial charge in [-0.25, -0.2) is 0 Å². The van der Waals surface area contributed by atoms with E-state index in [2.05, 4.69) is 25.8 Å². The fourth-order valence-corrected chi connectivity index (χ4v) is 1.61. The number of nitrogens with zero attached hydrogens (tertiary/aromatic N) is 1. The quantitative estimate of drug-likeness (QED) is 0.587. The molecule has 2 rings (SSSR count). The lowest BCUT2D eigenvalue weighted by molar-refractivity contribution is -0.131. The number of hydrogen-bond donors (Lipinski definition) is 0. The van der Waals surface area contributed by atoms with E-state index in [1.807, 2.05) is 6.07 Å². The molecule has 0 amide bonds. The lowest BCUT2D eigenvalue weighted by Gasteiger charge is -2.20. The minimum absolute atomic E-state index is 0.0162. The number of carbonyl (C=O) groups excluding carboxylic acids is 1. The van der Waals surface area contributed by atoms with Crippen molar-refractivity contribution in [1.82, 2.24) is 4.98 Å². The van der Waals surface area contributed by atoms with Gasteiger partial charge in [0.15, 0.2) is 5.75 Å². The van der Waals surface area contributed by atoms with Gasteiger partial charge in [-0.2, -0.15) is 0 Å². The second-order valence-electron chi connectivity index (χ2n) is 4.54. The Labute approximate surface area is 83.1 Å². The largest absolute Gasteiger partial charge is 0.424 e. The Morgan fingerprint density at radius 3 is 2.79 bits per heavy atom. The van der Waals surface area contributed by atoms with Gasteiger partial charge >= 0.3 is 5.97 Å². The van der Waals surface area contributed by atoms with Gasteiger partial charge in [-0.3, -0.25) is 9.78 Å². The Balaban J connectivity index is 2.55. The van der Waals surface area contributed by atoms with Crippen LogP contribution in [-0.2, 0) is 16.6 Å². The topological polar surface area (TPSA) is 39.2 Å². The van der Waals surface area contributed by atoms with Crippen molar-refractivity contribution < 1.29 is 9.53 Å². The second kappa shape index (κ2) is 2.80. The summed E-state index contributed by atoms with van der Waals surface area (Å²) in [7, 11) is 0. The first-order valence-corrected chi connectivity index (χ1v) is 4.67. The number of carbonyl (C=O) groups is 1. The van der Waals surface area contributed by atoms with Crippen molar-refractivity contribution in [3.8, 4) is 5.75 Å². The van der Waals surface area contributed by atoms with Gasteiger partial charge in [0.05, 0.1) is 12.1 Å². The molecule has 0 radical (unpaired) electrons. The monoisotopic (exact) mass is 191 g/mol. The molecule has 14 heavy (non-hydrogen) atoms. The molecule has 74 valence electrons. The Morgan fingerprint density at radius 1 is 1.43 bits per heavy atom. The predicted octanol–water partition coefficient (Wildman–Crippen LogP) is 1.84. The fourth-order valence-electron chi connectivity index (χ4n) is 1.61. The van der Waals surface area contributed by atoms with Crippen molar-refractivity contribution in [2.24, 2.45) is 0 Å². The molecule has 1 aromatic heterocycles. The van der Waals surface area contributed by atoms with Crippen LogP contribution in [0.4, 0.5) is 0 Å². The van der Waals surface area contributed by atoms with E-state index in [4.69, 9.17) is 4.74 Å². The van der Waals surface area contributed by atoms with Crippen LogP contribution in [0.25, 0.3) is 0 Å². The molecule has 0 spiro atoms. The molecular weight excluding hydrogens is 178 g/mol. The molecule has 0 atom stereocenters. The van der Waals surface area contributed by atoms with Gasteiger partial charge in [0.1, 0.15) is 0 Å². The van der Waals surface area contributed by atoms with Gasteiger partial charge in [-0.1, -0.05) is 20.8 Å². The molecule has 1 aliphatic rings. The zero-order chi connectivity index (χ0) is 10.3. The van der Waals surface area contributed by atoms with E-state index < -0.39 is 0 Å². The normalized spacial score (nSPS) is 15.2. The van der Waals surface area contributed by atoms with Crippen molar-refractivity contribution >= 4 is 5.97 Å². The van der Waals surface area contributed by atoms with Crippen molar-refractivity contribution in [3.63, 3.8) is 0 Å². The summed E-state index contributed by atoms with van der Waals surface area (Å²) in [6.45, 7) is 6.28. The molecule has 0 saturated heterocycles. The van der Waals surface area contributed by atoms with E-state index in [0.29, 0.717) is 12.2 Å². The maximum atomic E-state index is 11.1. The number of ether oxygens (including phenoxy) is 1. The predicted molar refractivity (Wildman–Crippen MR) is 52.3 cm³/mol. The van der Waals surface area contributed by atoms with Crippen LogP contribution < -0.4 is 4.74 Å². The Morgan fingerprint density at radius 2 is 2.14 bits per heavy atom. The molecule has 0 bridgehead atoms. The summed E-state index contributed by atoms with van der Waals surface area (Å²) in [6.07, 6.45) is 2.04. The van der Waals surface area contributed by atoms with E-state index in [0.717, 1.165) is 11.3 Å². The van der Waals surface area contributed by atoms with E-state index >= 15 is 0 Å². The standard InChI is InChI=1S/C11H13NO2/c1-11(2,3)7-4-5-12-8-6-9(13)14-10(7)8/h4-5H,6H2,1-3H3. The van der Waals surface area contributed by atoms with Gasteiger partial charge in [0.2, 0.25) is 0 Å². The first-order valence-electron chi connectivity index (χ1n) is 4.67. The van der Waals surface area contributed by atoms with Crippen molar-refractivity contribution in [3.05, 3.63) is 23.5 Å². The lowest BCUT2D eigenvalue weighted by Crippen LogP contribution is -2.13. The minimum Gasteiger partial charge on any atom is -0.424 e. The van der Waals surface area contributed by atoms with E-state index in [1.165, 1.54) is 0 Å². The fraction of sp³-hybridized carbons (Fsp3) is 0.455. The van der Waals surface area contributed by atoms with E-state index in [-0.39, 0.29) is 11.4 Å². The summed E-state index contributed by atoms with van der Waals surface area (Å²) in [5, 5.41) is 0. The number of hydrogen-bond acceptors (Lipinski definition) is 3. The van der Waals surface area contributed by atoms with Gasteiger partial charge in [-0.15, -0.1) is 0 Å². The maximum Gasteiger partial charge on any atom is 0.317 e. The van der Waals surface area contributed by atoms with E-state index in [9.17, 15) is 4.79 Å². The SMILES string of the molecule is CC(C)(C)c1ccnc2c1OC(=O)C2. The van der Waals surface area contributed by atoms with Crippen molar-refractivity contribution in [1.29, 1.82) is 0 Å². The molecule has 0 aromatic carbocycles. The molecule has 0 aliphatic carbocycles. The summed E-state index contributed by atoms with van der Waals surface area (Å²) in [4.78, 5) is 15.3. The zero-order valence-electron chi connectivity index (χ0n) is 8.63. The third kappa shape index (κ3) is 1.39. The average Bonchev–Trinajstić information content (AvgIpc) is 2.41. The molecule has 2 heterocycles. The van der Waals surface area contributed by atoms with Crippen molar-refractivity contribution in [2.75, 3.05) is 0 Å². The molecule has 1 aromatic rings. The molecule has 3 heteroatoms. The van der Waals surface area contributed by atoms with Crippen LogP contribution in [0.15, 0.2) is 12.3 Å². The molecule has 0 saturated carbocycles. The van der Waals surface area contributed by atoms with Crippen LogP contribution in [0.2, 0.25) is 0 Å². The van der Waals surface area contributed by atoms with Crippen molar-refractivity contribution in [2.45, 2.75) is 32.6 Å².